The molecule has 0 heterocycles. The van der Waals surface area contributed by atoms with Crippen LogP contribution in [0.4, 0.5) is 0 Å². The number of esters is 1. The Kier molecular flexibility index (Phi) is 12.3. The molecule has 1 aliphatic carbocycles. The van der Waals surface area contributed by atoms with Gasteiger partial charge >= 0.3 is 5.97 Å². The van der Waals surface area contributed by atoms with Gasteiger partial charge in [0.1, 0.15) is 23.4 Å². The Morgan fingerprint density at radius 2 is 1.52 bits per heavy atom. The van der Waals surface area contributed by atoms with Crippen LogP contribution in [-0.2, 0) is 31.3 Å². The molecule has 1 aliphatic rings. The molecule has 0 aromatic heterocycles. The molecule has 7 nitrogen and oxygen atoms in total. The van der Waals surface area contributed by atoms with Gasteiger partial charge in [0.2, 0.25) is 11.8 Å². The first-order valence-corrected chi connectivity index (χ1v) is 16.0. The van der Waals surface area contributed by atoms with Gasteiger partial charge in [-0.2, -0.15) is 0 Å². The van der Waals surface area contributed by atoms with E-state index in [1.54, 1.807) is 18.9 Å². The molecule has 0 spiro atoms. The van der Waals surface area contributed by atoms with Gasteiger partial charge in [0.05, 0.1) is 11.9 Å². The van der Waals surface area contributed by atoms with Crippen LogP contribution < -0.4 is 15.4 Å². The molecule has 3 rings (SSSR count). The van der Waals surface area contributed by atoms with E-state index in [4.69, 9.17) is 9.47 Å². The van der Waals surface area contributed by atoms with Crippen molar-refractivity contribution in [3.63, 3.8) is 0 Å². The van der Waals surface area contributed by atoms with Crippen molar-refractivity contribution in [2.75, 3.05) is 7.11 Å². The maximum atomic E-state index is 14.1. The van der Waals surface area contributed by atoms with Gasteiger partial charge in [-0.3, -0.25) is 9.59 Å². The molecule has 0 unspecified atom stereocenters. The van der Waals surface area contributed by atoms with Crippen LogP contribution in [0.25, 0.3) is 0 Å². The molecule has 2 N–H and O–H groups in total. The highest BCUT2D eigenvalue weighted by Crippen LogP contribution is 2.42. The van der Waals surface area contributed by atoms with E-state index in [1.165, 1.54) is 0 Å². The third kappa shape index (κ3) is 10.4. The molecule has 2 atom stereocenters. The van der Waals surface area contributed by atoms with Crippen molar-refractivity contribution in [2.24, 2.45) is 5.92 Å². The molecule has 2 aromatic carbocycles. The summed E-state index contributed by atoms with van der Waals surface area (Å²) in [5.41, 5.74) is 1.37. The Morgan fingerprint density at radius 1 is 0.881 bits per heavy atom. The molecular weight excluding hydrogens is 548 g/mol. The van der Waals surface area contributed by atoms with Gasteiger partial charge in [0, 0.05) is 12.2 Å². The minimum absolute atomic E-state index is 0.116. The highest BCUT2D eigenvalue weighted by atomic mass is 32.2. The van der Waals surface area contributed by atoms with Crippen molar-refractivity contribution in [1.82, 2.24) is 10.6 Å². The number of amides is 2. The lowest BCUT2D eigenvalue weighted by Gasteiger charge is -2.36. The van der Waals surface area contributed by atoms with E-state index < -0.39 is 28.4 Å². The van der Waals surface area contributed by atoms with Crippen LogP contribution in [-0.4, -0.2) is 47.3 Å². The molecular formula is C34H48N2O5S. The van der Waals surface area contributed by atoms with Gasteiger partial charge in [-0.1, -0.05) is 75.6 Å². The average Bonchev–Trinajstić information content (AvgIpc) is 2.95. The van der Waals surface area contributed by atoms with Crippen molar-refractivity contribution >= 4 is 29.5 Å². The lowest BCUT2D eigenvalue weighted by Crippen LogP contribution is -2.57. The molecule has 230 valence electrons. The summed E-state index contributed by atoms with van der Waals surface area (Å²) in [5, 5.41) is 6.07. The Labute approximate surface area is 255 Å². The average molecular weight is 597 g/mol. The van der Waals surface area contributed by atoms with E-state index in [-0.39, 0.29) is 17.7 Å². The van der Waals surface area contributed by atoms with Crippen LogP contribution in [0, 0.1) is 5.92 Å². The summed E-state index contributed by atoms with van der Waals surface area (Å²) in [4.78, 5) is 41.0. The summed E-state index contributed by atoms with van der Waals surface area (Å²) in [7, 11) is 1.64. The summed E-state index contributed by atoms with van der Waals surface area (Å²) in [6, 6.07) is 15.9. The van der Waals surface area contributed by atoms with Crippen LogP contribution in [0.15, 0.2) is 54.6 Å². The molecule has 0 aliphatic heterocycles. The zero-order valence-corrected chi connectivity index (χ0v) is 26.9. The van der Waals surface area contributed by atoms with E-state index in [2.05, 4.69) is 10.6 Å². The number of benzene rings is 2. The monoisotopic (exact) mass is 596 g/mol. The van der Waals surface area contributed by atoms with Crippen molar-refractivity contribution in [3.8, 4) is 5.75 Å². The quantitative estimate of drug-likeness (QED) is 0.266. The lowest BCUT2D eigenvalue weighted by molar-refractivity contribution is -0.159. The minimum Gasteiger partial charge on any atom is -0.497 e. The van der Waals surface area contributed by atoms with E-state index >= 15 is 0 Å². The van der Waals surface area contributed by atoms with Gasteiger partial charge in [-0.05, 0) is 69.2 Å². The van der Waals surface area contributed by atoms with E-state index in [9.17, 15) is 14.4 Å². The van der Waals surface area contributed by atoms with Crippen LogP contribution in [0.5, 0.6) is 5.75 Å². The SMILES string of the molecule is COc1ccc(CSC2(C(=O)N[C@@H](Cc3ccccc3)C(=O)N[C@@H](CC(C)C)C(=O)OC(C)(C)C)CCCCC2)cc1. The maximum Gasteiger partial charge on any atom is 0.329 e. The number of thioether (sulfide) groups is 1. The first kappa shape index (κ1) is 33.5. The fourth-order valence-electron chi connectivity index (χ4n) is 5.18. The fraction of sp³-hybridized carbons (Fsp3) is 0.559. The summed E-state index contributed by atoms with van der Waals surface area (Å²) in [6.45, 7) is 9.43. The summed E-state index contributed by atoms with van der Waals surface area (Å²) in [6.07, 6.45) is 5.30. The second-order valence-corrected chi connectivity index (χ2v) is 14.0. The van der Waals surface area contributed by atoms with E-state index in [0.29, 0.717) is 18.6 Å². The molecule has 8 heteroatoms. The summed E-state index contributed by atoms with van der Waals surface area (Å²) < 4.78 is 10.3. The summed E-state index contributed by atoms with van der Waals surface area (Å²) in [5.74, 6) is 0.676. The van der Waals surface area contributed by atoms with E-state index in [1.807, 2.05) is 89.2 Å². The highest BCUT2D eigenvalue weighted by molar-refractivity contribution is 8.00. The van der Waals surface area contributed by atoms with Crippen LogP contribution in [0.1, 0.15) is 84.3 Å². The van der Waals surface area contributed by atoms with Gasteiger partial charge in [0.15, 0.2) is 0 Å². The van der Waals surface area contributed by atoms with Crippen molar-refractivity contribution in [1.29, 1.82) is 0 Å². The van der Waals surface area contributed by atoms with Crippen molar-refractivity contribution in [3.05, 3.63) is 65.7 Å². The predicted octanol–water partition coefficient (Wildman–Crippen LogP) is 6.23. The standard InChI is InChI=1S/C34H48N2O5S/c1-24(2)21-29(31(38)41-33(3,4)5)35-30(37)28(22-25-13-9-7-10-14-25)36-32(39)34(19-11-8-12-20-34)42-23-26-15-17-27(40-6)18-16-26/h7,9-10,13-18,24,28-29H,8,11-12,19-23H2,1-6H3,(H,35,37)(H,36,39)/t28-,29-/m0/s1. The topological polar surface area (TPSA) is 93.7 Å². The maximum absolute atomic E-state index is 14.1. The minimum atomic E-state index is -0.836. The predicted molar refractivity (Wildman–Crippen MR) is 169 cm³/mol. The smallest absolute Gasteiger partial charge is 0.329 e. The van der Waals surface area contributed by atoms with Gasteiger partial charge in [-0.25, -0.2) is 4.79 Å². The van der Waals surface area contributed by atoms with Crippen LogP contribution >= 0.6 is 11.8 Å². The molecule has 2 aromatic rings. The van der Waals surface area contributed by atoms with Gasteiger partial charge in [-0.15, -0.1) is 11.8 Å². The third-order valence-electron chi connectivity index (χ3n) is 7.37. The first-order valence-electron chi connectivity index (χ1n) is 15.1. The number of methoxy groups -OCH3 is 1. The lowest BCUT2D eigenvalue weighted by atomic mass is 9.87. The second kappa shape index (κ2) is 15.5. The second-order valence-electron chi connectivity index (χ2n) is 12.6. The largest absolute Gasteiger partial charge is 0.497 e. The van der Waals surface area contributed by atoms with Gasteiger partial charge < -0.3 is 20.1 Å². The fourth-order valence-corrected chi connectivity index (χ4v) is 6.59. The number of carbonyl (C=O) groups excluding carboxylic acids is 3. The molecule has 42 heavy (non-hydrogen) atoms. The number of ether oxygens (including phenoxy) is 2. The highest BCUT2D eigenvalue weighted by Gasteiger charge is 2.42. The molecule has 1 fully saturated rings. The number of rotatable bonds is 13. The third-order valence-corrected chi connectivity index (χ3v) is 8.99. The van der Waals surface area contributed by atoms with Crippen LogP contribution in [0.3, 0.4) is 0 Å². The summed E-state index contributed by atoms with van der Waals surface area (Å²) >= 11 is 1.65. The number of hydrogen-bond donors (Lipinski definition) is 2. The molecule has 0 bridgehead atoms. The van der Waals surface area contributed by atoms with Crippen LogP contribution in [0.2, 0.25) is 0 Å². The van der Waals surface area contributed by atoms with E-state index in [0.717, 1.165) is 49.0 Å². The number of nitrogens with one attached hydrogen (secondary N) is 2. The Balaban J connectivity index is 1.82. The molecule has 1 saturated carbocycles. The molecule has 2 amide bonds. The molecule has 0 radical (unpaired) electrons. The zero-order chi connectivity index (χ0) is 30.8. The number of hydrogen-bond acceptors (Lipinski definition) is 6. The van der Waals surface area contributed by atoms with Crippen molar-refractivity contribution in [2.45, 2.75) is 108 Å². The normalized spacial score (nSPS) is 16.3. The van der Waals surface area contributed by atoms with Gasteiger partial charge in [0.25, 0.3) is 0 Å². The number of carbonyl (C=O) groups is 3. The molecule has 0 saturated heterocycles. The Hall–Kier alpha value is -3.00. The Bertz CT molecular complexity index is 1150. The Morgan fingerprint density at radius 3 is 2.10 bits per heavy atom. The van der Waals surface area contributed by atoms with Crippen molar-refractivity contribution < 1.29 is 23.9 Å². The zero-order valence-electron chi connectivity index (χ0n) is 26.0. The first-order chi connectivity index (χ1) is 19.9.